The monoisotopic (exact) mass is 297 g/mol. The molecule has 0 spiro atoms. The molecule has 1 saturated heterocycles. The Morgan fingerprint density at radius 2 is 2.11 bits per heavy atom. The lowest BCUT2D eigenvalue weighted by Gasteiger charge is -2.32. The van der Waals surface area contributed by atoms with Crippen LogP contribution in [0.3, 0.4) is 0 Å². The van der Waals surface area contributed by atoms with Gasteiger partial charge in [-0.05, 0) is 37.4 Å². The van der Waals surface area contributed by atoms with Crippen molar-refractivity contribution in [2.24, 2.45) is 0 Å². The molecule has 0 amide bonds. The zero-order valence-electron chi connectivity index (χ0n) is 11.0. The molecule has 0 N–H and O–H groups in total. The van der Waals surface area contributed by atoms with Gasteiger partial charge in [-0.3, -0.25) is 0 Å². The van der Waals surface area contributed by atoms with Gasteiger partial charge in [0.2, 0.25) is 5.28 Å². The molecular formula is C13H16ClN3OS. The van der Waals surface area contributed by atoms with Gasteiger partial charge in [0.1, 0.15) is 10.6 Å². The molecule has 3 rings (SSSR count). The Kier molecular flexibility index (Phi) is 3.60. The molecule has 4 nitrogen and oxygen atoms in total. The lowest BCUT2D eigenvalue weighted by Crippen LogP contribution is -2.37. The van der Waals surface area contributed by atoms with Gasteiger partial charge in [-0.15, -0.1) is 11.3 Å². The topological polar surface area (TPSA) is 38.2 Å². The van der Waals surface area contributed by atoms with Crippen LogP contribution in [0.5, 0.6) is 0 Å². The van der Waals surface area contributed by atoms with Crippen molar-refractivity contribution in [1.29, 1.82) is 0 Å². The molecule has 1 aliphatic heterocycles. The molecule has 1 aliphatic rings. The predicted octanol–water partition coefficient (Wildman–Crippen LogP) is 3.27. The van der Waals surface area contributed by atoms with Gasteiger partial charge in [0.05, 0.1) is 5.39 Å². The van der Waals surface area contributed by atoms with Crippen molar-refractivity contribution in [2.75, 3.05) is 25.2 Å². The maximum Gasteiger partial charge on any atom is 0.225 e. The maximum absolute atomic E-state index is 6.05. The third-order valence-electron chi connectivity index (χ3n) is 3.54. The number of hydrogen-bond donors (Lipinski definition) is 0. The minimum atomic E-state index is 0.322. The number of anilines is 1. The quantitative estimate of drug-likeness (QED) is 0.798. The van der Waals surface area contributed by atoms with Crippen molar-refractivity contribution in [3.8, 4) is 0 Å². The van der Waals surface area contributed by atoms with Gasteiger partial charge >= 0.3 is 0 Å². The number of hydrogen-bond acceptors (Lipinski definition) is 5. The summed E-state index contributed by atoms with van der Waals surface area (Å²) in [4.78, 5) is 13.2. The molecule has 2 aromatic rings. The van der Waals surface area contributed by atoms with E-state index in [0.29, 0.717) is 11.3 Å². The smallest absolute Gasteiger partial charge is 0.225 e. The van der Waals surface area contributed by atoms with E-state index in [2.05, 4.69) is 34.9 Å². The number of fused-ring (bicyclic) bond motifs is 1. The molecule has 6 heteroatoms. The molecule has 0 radical (unpaired) electrons. The molecule has 3 heterocycles. The number of rotatable bonds is 2. The third kappa shape index (κ3) is 2.55. The van der Waals surface area contributed by atoms with E-state index in [9.17, 15) is 0 Å². The summed E-state index contributed by atoms with van der Waals surface area (Å²) in [6.07, 6.45) is 2.06. The van der Waals surface area contributed by atoms with Crippen molar-refractivity contribution in [1.82, 2.24) is 9.97 Å². The SMILES string of the molecule is Cc1cc2c(N(C)C3CCOCC3)nc(Cl)nc2s1. The molecule has 19 heavy (non-hydrogen) atoms. The number of aryl methyl sites for hydroxylation is 1. The average molecular weight is 298 g/mol. The second kappa shape index (κ2) is 5.23. The highest BCUT2D eigenvalue weighted by atomic mass is 35.5. The van der Waals surface area contributed by atoms with Crippen LogP contribution < -0.4 is 4.90 Å². The van der Waals surface area contributed by atoms with E-state index < -0.39 is 0 Å². The molecule has 0 aromatic carbocycles. The molecule has 0 bridgehead atoms. The molecule has 0 unspecified atom stereocenters. The minimum absolute atomic E-state index is 0.322. The Balaban J connectivity index is 2.02. The van der Waals surface area contributed by atoms with Gasteiger partial charge < -0.3 is 9.64 Å². The summed E-state index contributed by atoms with van der Waals surface area (Å²) in [5.74, 6) is 0.936. The highest BCUT2D eigenvalue weighted by Crippen LogP contribution is 2.33. The molecule has 0 aliphatic carbocycles. The average Bonchev–Trinajstić information content (AvgIpc) is 2.78. The summed E-state index contributed by atoms with van der Waals surface area (Å²) >= 11 is 7.71. The van der Waals surface area contributed by atoms with Crippen LogP contribution in [-0.4, -0.2) is 36.3 Å². The number of aromatic nitrogens is 2. The van der Waals surface area contributed by atoms with E-state index in [1.807, 2.05) is 0 Å². The fourth-order valence-electron chi connectivity index (χ4n) is 2.52. The Morgan fingerprint density at radius 3 is 2.84 bits per heavy atom. The van der Waals surface area contributed by atoms with E-state index in [1.54, 1.807) is 11.3 Å². The lowest BCUT2D eigenvalue weighted by molar-refractivity contribution is 0.0854. The van der Waals surface area contributed by atoms with E-state index in [-0.39, 0.29) is 0 Å². The minimum Gasteiger partial charge on any atom is -0.381 e. The van der Waals surface area contributed by atoms with Gasteiger partial charge in [0, 0.05) is 31.2 Å². The van der Waals surface area contributed by atoms with Crippen LogP contribution >= 0.6 is 22.9 Å². The van der Waals surface area contributed by atoms with Gasteiger partial charge in [-0.2, -0.15) is 4.98 Å². The van der Waals surface area contributed by atoms with Gasteiger partial charge in [0.15, 0.2) is 0 Å². The summed E-state index contributed by atoms with van der Waals surface area (Å²) in [5, 5.41) is 1.42. The fourth-order valence-corrected chi connectivity index (χ4v) is 3.60. The van der Waals surface area contributed by atoms with Crippen LogP contribution in [0.1, 0.15) is 17.7 Å². The van der Waals surface area contributed by atoms with Gasteiger partial charge in [-0.1, -0.05) is 0 Å². The summed E-state index contributed by atoms with van der Waals surface area (Å²) in [5.41, 5.74) is 0. The van der Waals surface area contributed by atoms with E-state index in [0.717, 1.165) is 42.1 Å². The standard InChI is InChI=1S/C13H16ClN3OS/c1-8-7-10-11(15-13(14)16-12(10)19-8)17(2)9-3-5-18-6-4-9/h7,9H,3-6H2,1-2H3. The van der Waals surface area contributed by atoms with Crippen LogP contribution in [0.25, 0.3) is 10.2 Å². The van der Waals surface area contributed by atoms with Crippen molar-refractivity contribution in [3.05, 3.63) is 16.2 Å². The summed E-state index contributed by atoms with van der Waals surface area (Å²) in [6, 6.07) is 2.60. The van der Waals surface area contributed by atoms with Gasteiger partial charge in [0.25, 0.3) is 0 Å². The van der Waals surface area contributed by atoms with Gasteiger partial charge in [-0.25, -0.2) is 4.98 Å². The normalized spacial score (nSPS) is 17.0. The lowest BCUT2D eigenvalue weighted by atomic mass is 10.1. The number of ether oxygens (including phenoxy) is 1. The Morgan fingerprint density at radius 1 is 1.37 bits per heavy atom. The molecule has 0 saturated carbocycles. The number of nitrogens with zero attached hydrogens (tertiary/aromatic N) is 3. The fraction of sp³-hybridized carbons (Fsp3) is 0.538. The Hall–Kier alpha value is -0.910. The van der Waals surface area contributed by atoms with E-state index in [1.165, 1.54) is 4.88 Å². The molecular weight excluding hydrogens is 282 g/mol. The van der Waals surface area contributed by atoms with Crippen LogP contribution in [0.2, 0.25) is 5.28 Å². The molecule has 0 atom stereocenters. The second-order valence-electron chi connectivity index (χ2n) is 4.85. The van der Waals surface area contributed by atoms with Crippen LogP contribution in [-0.2, 0) is 4.74 Å². The third-order valence-corrected chi connectivity index (χ3v) is 4.65. The molecule has 2 aromatic heterocycles. The van der Waals surface area contributed by atoms with Crippen LogP contribution in [0, 0.1) is 6.92 Å². The summed E-state index contributed by atoms with van der Waals surface area (Å²) in [7, 11) is 2.08. The Labute approximate surface area is 121 Å². The first-order chi connectivity index (χ1) is 9.15. The zero-order valence-corrected chi connectivity index (χ0v) is 12.6. The van der Waals surface area contributed by atoms with E-state index >= 15 is 0 Å². The predicted molar refractivity (Wildman–Crippen MR) is 79.4 cm³/mol. The molecule has 1 fully saturated rings. The Bertz CT molecular complexity index is 595. The van der Waals surface area contributed by atoms with Crippen molar-refractivity contribution < 1.29 is 4.74 Å². The highest BCUT2D eigenvalue weighted by molar-refractivity contribution is 7.18. The first-order valence-electron chi connectivity index (χ1n) is 6.39. The van der Waals surface area contributed by atoms with Crippen LogP contribution in [0.4, 0.5) is 5.82 Å². The zero-order chi connectivity index (χ0) is 13.4. The largest absolute Gasteiger partial charge is 0.381 e. The van der Waals surface area contributed by atoms with Crippen LogP contribution in [0.15, 0.2) is 6.07 Å². The summed E-state index contributed by atoms with van der Waals surface area (Å²) < 4.78 is 5.42. The maximum atomic E-state index is 6.05. The summed E-state index contributed by atoms with van der Waals surface area (Å²) in [6.45, 7) is 3.72. The van der Waals surface area contributed by atoms with Crippen molar-refractivity contribution >= 4 is 39.0 Å². The second-order valence-corrected chi connectivity index (χ2v) is 6.42. The molecule has 102 valence electrons. The highest BCUT2D eigenvalue weighted by Gasteiger charge is 2.22. The van der Waals surface area contributed by atoms with Crippen molar-refractivity contribution in [2.45, 2.75) is 25.8 Å². The number of thiophene rings is 1. The van der Waals surface area contributed by atoms with E-state index in [4.69, 9.17) is 16.3 Å². The first kappa shape index (κ1) is 13.1. The van der Waals surface area contributed by atoms with Crippen molar-refractivity contribution in [3.63, 3.8) is 0 Å². The first-order valence-corrected chi connectivity index (χ1v) is 7.59. The number of halogens is 1.